The Morgan fingerprint density at radius 2 is 2.05 bits per heavy atom. The topological polar surface area (TPSA) is 85.1 Å². The van der Waals surface area contributed by atoms with Gasteiger partial charge in [-0.25, -0.2) is 18.1 Å². The number of nitrogens with two attached hydrogens (primary N) is 1. The van der Waals surface area contributed by atoms with Gasteiger partial charge in [0.25, 0.3) is 0 Å². The van der Waals surface area contributed by atoms with Gasteiger partial charge in [-0.1, -0.05) is 20.8 Å². The second-order valence-electron chi connectivity index (χ2n) is 5.58. The number of fused-ring (bicyclic) bond motifs is 1. The molecule has 110 valence electrons. The van der Waals surface area contributed by atoms with Crippen molar-refractivity contribution in [1.82, 2.24) is 9.71 Å². The summed E-state index contributed by atoms with van der Waals surface area (Å²) in [5.74, 6) is 0. The van der Waals surface area contributed by atoms with Crippen molar-refractivity contribution < 1.29 is 8.42 Å². The van der Waals surface area contributed by atoms with E-state index in [1.54, 1.807) is 18.2 Å². The van der Waals surface area contributed by atoms with Crippen LogP contribution in [0.3, 0.4) is 0 Å². The molecule has 0 atom stereocenters. The van der Waals surface area contributed by atoms with Gasteiger partial charge in [-0.2, -0.15) is 0 Å². The van der Waals surface area contributed by atoms with Crippen LogP contribution in [0.5, 0.6) is 0 Å². The van der Waals surface area contributed by atoms with E-state index in [2.05, 4.69) is 30.5 Å². The quantitative estimate of drug-likeness (QED) is 0.902. The number of rotatable bonds is 4. The van der Waals surface area contributed by atoms with E-state index in [1.165, 1.54) is 11.3 Å². The number of aromatic nitrogens is 1. The van der Waals surface area contributed by atoms with Gasteiger partial charge in [0.05, 0.1) is 20.1 Å². The van der Waals surface area contributed by atoms with Crippen LogP contribution in [0.15, 0.2) is 23.1 Å². The molecule has 3 N–H and O–H groups in total. The molecule has 2 aromatic rings. The minimum Gasteiger partial charge on any atom is -0.329 e. The third-order valence-corrected chi connectivity index (χ3v) is 5.65. The highest BCUT2D eigenvalue weighted by molar-refractivity contribution is 7.89. The Morgan fingerprint density at radius 3 is 2.65 bits per heavy atom. The summed E-state index contributed by atoms with van der Waals surface area (Å²) < 4.78 is 27.5. The summed E-state index contributed by atoms with van der Waals surface area (Å²) in [6, 6.07) is 4.99. The molecule has 0 unspecified atom stereocenters. The molecule has 2 rings (SSSR count). The second-order valence-corrected chi connectivity index (χ2v) is 8.38. The summed E-state index contributed by atoms with van der Waals surface area (Å²) in [7, 11) is -3.49. The zero-order valence-electron chi connectivity index (χ0n) is 11.8. The van der Waals surface area contributed by atoms with E-state index in [4.69, 9.17) is 5.73 Å². The first-order valence-electron chi connectivity index (χ1n) is 6.35. The second kappa shape index (κ2) is 5.40. The van der Waals surface area contributed by atoms with Gasteiger partial charge in [0, 0.05) is 18.5 Å². The van der Waals surface area contributed by atoms with Crippen LogP contribution in [0.1, 0.15) is 25.8 Å². The first-order chi connectivity index (χ1) is 9.24. The molecule has 20 heavy (non-hydrogen) atoms. The lowest BCUT2D eigenvalue weighted by Gasteiger charge is -2.13. The standard InChI is InChI=1S/C13H19N3O2S2/c1-13(2,3)12-16-10-5-4-9(8-11(10)19-12)20(17,18)15-7-6-14/h4-5,8,15H,6-7,14H2,1-3H3. The van der Waals surface area contributed by atoms with Crippen LogP contribution in [0.2, 0.25) is 0 Å². The molecule has 0 aliphatic carbocycles. The molecule has 0 spiro atoms. The average Bonchev–Trinajstić information content (AvgIpc) is 2.79. The first kappa shape index (κ1) is 15.4. The highest BCUT2D eigenvalue weighted by Gasteiger charge is 2.20. The monoisotopic (exact) mass is 313 g/mol. The van der Waals surface area contributed by atoms with E-state index in [9.17, 15) is 8.42 Å². The zero-order valence-corrected chi connectivity index (χ0v) is 13.4. The Morgan fingerprint density at radius 1 is 1.35 bits per heavy atom. The molecule has 1 aromatic heterocycles. The van der Waals surface area contributed by atoms with Crippen LogP contribution in [0.4, 0.5) is 0 Å². The summed E-state index contributed by atoms with van der Waals surface area (Å²) >= 11 is 1.53. The van der Waals surface area contributed by atoms with E-state index >= 15 is 0 Å². The summed E-state index contributed by atoms with van der Waals surface area (Å²) in [6.07, 6.45) is 0. The van der Waals surface area contributed by atoms with Crippen molar-refractivity contribution in [3.05, 3.63) is 23.2 Å². The Hall–Kier alpha value is -1.02. The lowest BCUT2D eigenvalue weighted by molar-refractivity contribution is 0.582. The number of nitrogens with zero attached hydrogens (tertiary/aromatic N) is 1. The Kier molecular flexibility index (Phi) is 4.15. The summed E-state index contributed by atoms with van der Waals surface area (Å²) in [5.41, 5.74) is 6.11. The predicted molar refractivity (Wildman–Crippen MR) is 82.6 cm³/mol. The largest absolute Gasteiger partial charge is 0.329 e. The molecule has 0 saturated heterocycles. The predicted octanol–water partition coefficient (Wildman–Crippen LogP) is 1.83. The maximum atomic E-state index is 12.1. The molecule has 0 fully saturated rings. The van der Waals surface area contributed by atoms with Crippen LogP contribution in [0.25, 0.3) is 10.2 Å². The summed E-state index contributed by atoms with van der Waals surface area (Å²) in [5, 5.41) is 0.997. The number of nitrogens with one attached hydrogen (secondary N) is 1. The summed E-state index contributed by atoms with van der Waals surface area (Å²) in [4.78, 5) is 4.80. The highest BCUT2D eigenvalue weighted by atomic mass is 32.2. The van der Waals surface area contributed by atoms with Gasteiger partial charge in [-0.3, -0.25) is 0 Å². The molecule has 7 heteroatoms. The van der Waals surface area contributed by atoms with Gasteiger partial charge >= 0.3 is 0 Å². The Labute approximate surface area is 123 Å². The molecule has 0 aliphatic heterocycles. The molecular formula is C13H19N3O2S2. The summed E-state index contributed by atoms with van der Waals surface area (Å²) in [6.45, 7) is 6.77. The average molecular weight is 313 g/mol. The van der Waals surface area contributed by atoms with Gasteiger partial charge in [-0.15, -0.1) is 11.3 Å². The number of benzene rings is 1. The van der Waals surface area contributed by atoms with Crippen molar-refractivity contribution in [3.63, 3.8) is 0 Å². The third-order valence-electron chi connectivity index (χ3n) is 2.75. The normalized spacial score (nSPS) is 13.0. The van der Waals surface area contributed by atoms with Crippen LogP contribution in [-0.2, 0) is 15.4 Å². The van der Waals surface area contributed by atoms with Crippen molar-refractivity contribution in [2.45, 2.75) is 31.1 Å². The fraction of sp³-hybridized carbons (Fsp3) is 0.462. The number of hydrogen-bond donors (Lipinski definition) is 2. The molecule has 1 aromatic carbocycles. The molecular weight excluding hydrogens is 294 g/mol. The number of thiazole rings is 1. The van der Waals surface area contributed by atoms with Crippen molar-refractivity contribution in [2.75, 3.05) is 13.1 Å². The van der Waals surface area contributed by atoms with Crippen molar-refractivity contribution >= 4 is 31.6 Å². The van der Waals surface area contributed by atoms with Gasteiger partial charge in [-0.05, 0) is 18.2 Å². The van der Waals surface area contributed by atoms with Crippen LogP contribution >= 0.6 is 11.3 Å². The smallest absolute Gasteiger partial charge is 0.240 e. The Bertz CT molecular complexity index is 715. The SMILES string of the molecule is CC(C)(C)c1nc2ccc(S(=O)(=O)NCCN)cc2s1. The molecule has 0 saturated carbocycles. The van der Waals surface area contributed by atoms with Crippen molar-refractivity contribution in [1.29, 1.82) is 0 Å². The number of sulfonamides is 1. The van der Waals surface area contributed by atoms with Crippen molar-refractivity contribution in [2.24, 2.45) is 5.73 Å². The maximum Gasteiger partial charge on any atom is 0.240 e. The lowest BCUT2D eigenvalue weighted by atomic mass is 9.98. The highest BCUT2D eigenvalue weighted by Crippen LogP contribution is 2.32. The first-order valence-corrected chi connectivity index (χ1v) is 8.65. The van der Waals surface area contributed by atoms with E-state index < -0.39 is 10.0 Å². The third kappa shape index (κ3) is 3.17. The van der Waals surface area contributed by atoms with Gasteiger partial charge < -0.3 is 5.73 Å². The Balaban J connectivity index is 2.44. The fourth-order valence-electron chi connectivity index (χ4n) is 1.67. The van der Waals surface area contributed by atoms with E-state index in [1.807, 2.05) is 0 Å². The van der Waals surface area contributed by atoms with Crippen LogP contribution < -0.4 is 10.5 Å². The molecule has 5 nitrogen and oxygen atoms in total. The van der Waals surface area contributed by atoms with Crippen LogP contribution in [0, 0.1) is 0 Å². The van der Waals surface area contributed by atoms with E-state index in [0.29, 0.717) is 0 Å². The molecule has 0 bridgehead atoms. The molecule has 0 radical (unpaired) electrons. The molecule has 0 aliphatic rings. The molecule has 0 amide bonds. The zero-order chi connectivity index (χ0) is 15.0. The van der Waals surface area contributed by atoms with Crippen LogP contribution in [-0.4, -0.2) is 26.5 Å². The molecule has 1 heterocycles. The van der Waals surface area contributed by atoms with E-state index in [-0.39, 0.29) is 23.4 Å². The van der Waals surface area contributed by atoms with Gasteiger partial charge in [0.1, 0.15) is 0 Å². The van der Waals surface area contributed by atoms with E-state index in [0.717, 1.165) is 15.2 Å². The lowest BCUT2D eigenvalue weighted by Crippen LogP contribution is -2.29. The van der Waals surface area contributed by atoms with Gasteiger partial charge in [0.2, 0.25) is 10.0 Å². The number of hydrogen-bond acceptors (Lipinski definition) is 5. The minimum absolute atomic E-state index is 0.0411. The van der Waals surface area contributed by atoms with Crippen molar-refractivity contribution in [3.8, 4) is 0 Å². The van der Waals surface area contributed by atoms with Gasteiger partial charge in [0.15, 0.2) is 0 Å². The maximum absolute atomic E-state index is 12.1. The minimum atomic E-state index is -3.49. The fourth-order valence-corrected chi connectivity index (χ4v) is 3.88.